The van der Waals surface area contributed by atoms with Crippen molar-refractivity contribution in [3.05, 3.63) is 77.9 Å². The molecule has 0 saturated carbocycles. The van der Waals surface area contributed by atoms with E-state index in [1.165, 1.54) is 0 Å². The first kappa shape index (κ1) is 15.8. The number of β-lactam (4-membered cyclic amide) rings is 1. The highest BCUT2D eigenvalue weighted by molar-refractivity contribution is 5.93. The second-order valence-corrected chi connectivity index (χ2v) is 5.49. The summed E-state index contributed by atoms with van der Waals surface area (Å²) in [6.45, 7) is 0.172. The monoisotopic (exact) mass is 322 g/mol. The van der Waals surface area contributed by atoms with Crippen LogP contribution in [0.5, 0.6) is 0 Å². The van der Waals surface area contributed by atoms with Gasteiger partial charge in [-0.15, -0.1) is 0 Å². The second kappa shape index (κ2) is 7.46. The van der Waals surface area contributed by atoms with Crippen LogP contribution in [0.15, 0.2) is 66.7 Å². The van der Waals surface area contributed by atoms with Crippen LogP contribution in [0.25, 0.3) is 6.08 Å². The smallest absolute Gasteiger partial charge is 0.408 e. The molecule has 24 heavy (non-hydrogen) atoms. The van der Waals surface area contributed by atoms with Gasteiger partial charge in [0.05, 0.1) is 6.04 Å². The van der Waals surface area contributed by atoms with E-state index in [-0.39, 0.29) is 18.6 Å². The van der Waals surface area contributed by atoms with Crippen LogP contribution in [0.2, 0.25) is 0 Å². The van der Waals surface area contributed by atoms with Crippen LogP contribution in [0.3, 0.4) is 0 Å². The SMILES string of the molecule is O=C(N[C@@H]1C(=O)N[C@@H]1/C=C/c1ccccc1)OCc1ccccc1. The third-order valence-electron chi connectivity index (χ3n) is 3.73. The first-order valence-electron chi connectivity index (χ1n) is 7.73. The third kappa shape index (κ3) is 4.01. The molecule has 3 rings (SSSR count). The number of hydrogen-bond donors (Lipinski definition) is 2. The van der Waals surface area contributed by atoms with Gasteiger partial charge in [0.1, 0.15) is 12.6 Å². The fraction of sp³-hybridized carbons (Fsp3) is 0.158. The van der Waals surface area contributed by atoms with Crippen LogP contribution in [-0.2, 0) is 16.1 Å². The molecule has 0 aliphatic carbocycles. The molecule has 1 aliphatic rings. The Labute approximate surface area is 140 Å². The van der Waals surface area contributed by atoms with Gasteiger partial charge in [0.2, 0.25) is 5.91 Å². The summed E-state index contributed by atoms with van der Waals surface area (Å²) in [5.74, 6) is -0.214. The summed E-state index contributed by atoms with van der Waals surface area (Å²) in [6, 6.07) is 18.3. The van der Waals surface area contributed by atoms with Gasteiger partial charge in [-0.2, -0.15) is 0 Å². The predicted octanol–water partition coefficient (Wildman–Crippen LogP) is 2.49. The normalized spacial score (nSPS) is 19.4. The largest absolute Gasteiger partial charge is 0.445 e. The standard InChI is InChI=1S/C19H18N2O3/c22-18-17(16(20-18)12-11-14-7-3-1-4-8-14)21-19(23)24-13-15-9-5-2-6-10-15/h1-12,16-17H,13H2,(H,20,22)(H,21,23)/b12-11+/t16-,17+/m1/s1. The summed E-state index contributed by atoms with van der Waals surface area (Å²) in [7, 11) is 0. The average molecular weight is 322 g/mol. The molecule has 0 aromatic heterocycles. The molecule has 122 valence electrons. The zero-order chi connectivity index (χ0) is 16.8. The molecule has 2 N–H and O–H groups in total. The number of carbonyl (C=O) groups excluding carboxylic acids is 2. The Balaban J connectivity index is 1.50. The summed E-state index contributed by atoms with van der Waals surface area (Å²) >= 11 is 0. The van der Waals surface area contributed by atoms with Crippen LogP contribution in [0.1, 0.15) is 11.1 Å². The van der Waals surface area contributed by atoms with Gasteiger partial charge in [0, 0.05) is 0 Å². The van der Waals surface area contributed by atoms with Crippen molar-refractivity contribution in [1.82, 2.24) is 10.6 Å². The molecule has 1 saturated heterocycles. The molecule has 5 nitrogen and oxygen atoms in total. The van der Waals surface area contributed by atoms with Crippen molar-refractivity contribution < 1.29 is 14.3 Å². The van der Waals surface area contributed by atoms with Gasteiger partial charge in [-0.3, -0.25) is 4.79 Å². The van der Waals surface area contributed by atoms with Crippen LogP contribution in [0, 0.1) is 0 Å². The number of carbonyl (C=O) groups is 2. The van der Waals surface area contributed by atoms with Crippen molar-refractivity contribution in [1.29, 1.82) is 0 Å². The van der Waals surface area contributed by atoms with Gasteiger partial charge in [-0.1, -0.05) is 72.8 Å². The molecule has 1 aliphatic heterocycles. The predicted molar refractivity (Wildman–Crippen MR) is 91.0 cm³/mol. The summed E-state index contributed by atoms with van der Waals surface area (Å²) in [5, 5.41) is 5.34. The van der Waals surface area contributed by atoms with Crippen molar-refractivity contribution in [3.8, 4) is 0 Å². The van der Waals surface area contributed by atoms with Gasteiger partial charge < -0.3 is 15.4 Å². The number of nitrogens with one attached hydrogen (secondary N) is 2. The van der Waals surface area contributed by atoms with Gasteiger partial charge in [0.15, 0.2) is 0 Å². The Morgan fingerprint density at radius 3 is 2.42 bits per heavy atom. The number of alkyl carbamates (subject to hydrolysis) is 1. The van der Waals surface area contributed by atoms with Crippen molar-refractivity contribution >= 4 is 18.1 Å². The summed E-state index contributed by atoms with van der Waals surface area (Å²) < 4.78 is 5.14. The maximum absolute atomic E-state index is 11.8. The lowest BCUT2D eigenvalue weighted by atomic mass is 9.98. The molecule has 5 heteroatoms. The highest BCUT2D eigenvalue weighted by atomic mass is 16.5. The quantitative estimate of drug-likeness (QED) is 0.831. The number of rotatable bonds is 5. The van der Waals surface area contributed by atoms with E-state index in [2.05, 4.69) is 10.6 Å². The van der Waals surface area contributed by atoms with Crippen molar-refractivity contribution in [2.45, 2.75) is 18.7 Å². The molecule has 0 bridgehead atoms. The lowest BCUT2D eigenvalue weighted by Crippen LogP contribution is -2.68. The van der Waals surface area contributed by atoms with E-state index < -0.39 is 12.1 Å². The molecular formula is C19H18N2O3. The Morgan fingerprint density at radius 2 is 1.75 bits per heavy atom. The average Bonchev–Trinajstić information content (AvgIpc) is 2.63. The van der Waals surface area contributed by atoms with Crippen molar-refractivity contribution in [2.24, 2.45) is 0 Å². The highest BCUT2D eigenvalue weighted by Gasteiger charge is 2.39. The molecule has 2 aromatic rings. The van der Waals surface area contributed by atoms with E-state index in [0.29, 0.717) is 0 Å². The highest BCUT2D eigenvalue weighted by Crippen LogP contribution is 2.11. The van der Waals surface area contributed by atoms with E-state index in [0.717, 1.165) is 11.1 Å². The first-order valence-corrected chi connectivity index (χ1v) is 7.73. The molecule has 0 unspecified atom stereocenters. The number of amides is 2. The van der Waals surface area contributed by atoms with Gasteiger partial charge in [0.25, 0.3) is 0 Å². The van der Waals surface area contributed by atoms with Crippen molar-refractivity contribution in [2.75, 3.05) is 0 Å². The van der Waals surface area contributed by atoms with Gasteiger partial charge in [-0.25, -0.2) is 4.79 Å². The number of ether oxygens (including phenoxy) is 1. The van der Waals surface area contributed by atoms with E-state index in [4.69, 9.17) is 4.74 Å². The molecule has 1 fully saturated rings. The first-order chi connectivity index (χ1) is 11.7. The Bertz CT molecular complexity index is 729. The van der Waals surface area contributed by atoms with Gasteiger partial charge >= 0.3 is 6.09 Å². The molecule has 0 radical (unpaired) electrons. The zero-order valence-corrected chi connectivity index (χ0v) is 13.0. The maximum Gasteiger partial charge on any atom is 0.408 e. The minimum Gasteiger partial charge on any atom is -0.445 e. The van der Waals surface area contributed by atoms with Crippen LogP contribution < -0.4 is 10.6 Å². The maximum atomic E-state index is 11.8. The molecule has 2 aromatic carbocycles. The number of hydrogen-bond acceptors (Lipinski definition) is 3. The van der Waals surface area contributed by atoms with E-state index >= 15 is 0 Å². The Kier molecular flexibility index (Phi) is 4.91. The molecular weight excluding hydrogens is 304 g/mol. The molecule has 2 amide bonds. The second-order valence-electron chi connectivity index (χ2n) is 5.49. The number of benzene rings is 2. The molecule has 0 spiro atoms. The van der Waals surface area contributed by atoms with E-state index in [1.807, 2.05) is 72.8 Å². The van der Waals surface area contributed by atoms with Gasteiger partial charge in [-0.05, 0) is 11.1 Å². The molecule has 1 heterocycles. The summed E-state index contributed by atoms with van der Waals surface area (Å²) in [6.07, 6.45) is 3.17. The van der Waals surface area contributed by atoms with Crippen LogP contribution in [-0.4, -0.2) is 24.1 Å². The molecule has 2 atom stereocenters. The Hall–Kier alpha value is -3.08. The lowest BCUT2D eigenvalue weighted by molar-refractivity contribution is -0.130. The lowest BCUT2D eigenvalue weighted by Gasteiger charge is -2.34. The fourth-order valence-electron chi connectivity index (χ4n) is 2.39. The van der Waals surface area contributed by atoms with Crippen molar-refractivity contribution in [3.63, 3.8) is 0 Å². The van der Waals surface area contributed by atoms with Crippen LogP contribution >= 0.6 is 0 Å². The third-order valence-corrected chi connectivity index (χ3v) is 3.73. The van der Waals surface area contributed by atoms with E-state index in [1.54, 1.807) is 0 Å². The summed E-state index contributed by atoms with van der Waals surface area (Å²) in [5.41, 5.74) is 1.93. The van der Waals surface area contributed by atoms with E-state index in [9.17, 15) is 9.59 Å². The minimum absolute atomic E-state index is 0.172. The fourth-order valence-corrected chi connectivity index (χ4v) is 2.39. The summed E-state index contributed by atoms with van der Waals surface area (Å²) in [4.78, 5) is 23.5. The minimum atomic E-state index is -0.603. The zero-order valence-electron chi connectivity index (χ0n) is 13.0. The topological polar surface area (TPSA) is 67.4 Å². The van der Waals surface area contributed by atoms with Crippen LogP contribution in [0.4, 0.5) is 4.79 Å². The Morgan fingerprint density at radius 1 is 1.08 bits per heavy atom.